The molecule has 0 saturated carbocycles. The van der Waals surface area contributed by atoms with Crippen molar-refractivity contribution < 1.29 is 0 Å². The summed E-state index contributed by atoms with van der Waals surface area (Å²) in [5, 5.41) is 0. The lowest BCUT2D eigenvalue weighted by Gasteiger charge is -2.31. The minimum absolute atomic E-state index is 0.393. The van der Waals surface area contributed by atoms with Crippen LogP contribution in [0, 0.1) is 0 Å². The van der Waals surface area contributed by atoms with Crippen molar-refractivity contribution in [1.82, 2.24) is 0 Å². The second kappa shape index (κ2) is 13.1. The molecule has 11 rings (SSSR count). The van der Waals surface area contributed by atoms with Gasteiger partial charge in [0.2, 0.25) is 0 Å². The van der Waals surface area contributed by atoms with Gasteiger partial charge in [-0.15, -0.1) is 0 Å². The van der Waals surface area contributed by atoms with Gasteiger partial charge in [0.1, 0.15) is 0 Å². The molecular weight excluding hydrogens is 675 g/mol. The molecule has 3 aliphatic rings. The van der Waals surface area contributed by atoms with Crippen molar-refractivity contribution in [2.75, 3.05) is 4.90 Å². The standard InChI is InChI=1S/C55H39N/c1-3-16-38(17-4-1)40-30-34-42(35-31-40)56(43-36-32-41(33-37-43)39-18-5-2-6-19-39)53-29-14-10-22-46(53)47-24-15-28-52-54(47)48-23-9-13-27-51(48)55(52)49-25-11-7-20-44(49)45-21-8-12-26-50(45)55/h1-18,20-37,39H,19H2. The third-order valence-corrected chi connectivity index (χ3v) is 12.2. The summed E-state index contributed by atoms with van der Waals surface area (Å²) in [6, 6.07) is 72.1. The maximum Gasteiger partial charge on any atom is 0.0725 e. The lowest BCUT2D eigenvalue weighted by molar-refractivity contribution is 0.794. The van der Waals surface area contributed by atoms with E-state index in [1.165, 1.54) is 72.3 Å². The van der Waals surface area contributed by atoms with Gasteiger partial charge in [-0.3, -0.25) is 0 Å². The van der Waals surface area contributed by atoms with Crippen molar-refractivity contribution in [2.24, 2.45) is 0 Å². The largest absolute Gasteiger partial charge is 0.310 e. The van der Waals surface area contributed by atoms with Crippen molar-refractivity contribution in [3.8, 4) is 44.5 Å². The van der Waals surface area contributed by atoms with Gasteiger partial charge >= 0.3 is 0 Å². The predicted octanol–water partition coefficient (Wildman–Crippen LogP) is 14.4. The van der Waals surface area contributed by atoms with Gasteiger partial charge in [0.15, 0.2) is 0 Å². The fourth-order valence-electron chi connectivity index (χ4n) is 9.82. The van der Waals surface area contributed by atoms with Crippen LogP contribution in [-0.4, -0.2) is 0 Å². The highest BCUT2D eigenvalue weighted by Crippen LogP contribution is 2.64. The van der Waals surface area contributed by atoms with E-state index in [1.807, 2.05) is 0 Å². The van der Waals surface area contributed by atoms with Crippen molar-refractivity contribution in [3.05, 3.63) is 246 Å². The molecule has 0 amide bonds. The highest BCUT2D eigenvalue weighted by molar-refractivity contribution is 6.02. The van der Waals surface area contributed by atoms with Crippen LogP contribution in [0.25, 0.3) is 44.5 Å². The molecule has 264 valence electrons. The van der Waals surface area contributed by atoms with E-state index < -0.39 is 5.41 Å². The summed E-state index contributed by atoms with van der Waals surface area (Å²) in [6.45, 7) is 0. The van der Waals surface area contributed by atoms with E-state index in [-0.39, 0.29) is 0 Å². The first-order chi connectivity index (χ1) is 27.8. The lowest BCUT2D eigenvalue weighted by Crippen LogP contribution is -2.25. The Morgan fingerprint density at radius 2 is 0.911 bits per heavy atom. The van der Waals surface area contributed by atoms with Gasteiger partial charge < -0.3 is 4.90 Å². The summed E-state index contributed by atoms with van der Waals surface area (Å²) >= 11 is 0. The van der Waals surface area contributed by atoms with E-state index in [1.54, 1.807) is 0 Å². The van der Waals surface area contributed by atoms with E-state index >= 15 is 0 Å². The number of allylic oxidation sites excluding steroid dienone is 4. The van der Waals surface area contributed by atoms with E-state index in [0.717, 1.165) is 23.5 Å². The third-order valence-electron chi connectivity index (χ3n) is 12.2. The summed E-state index contributed by atoms with van der Waals surface area (Å²) in [5.74, 6) is 0.394. The molecule has 0 aliphatic heterocycles. The van der Waals surface area contributed by atoms with E-state index in [4.69, 9.17) is 0 Å². The van der Waals surface area contributed by atoms with Crippen LogP contribution in [0.1, 0.15) is 40.2 Å². The zero-order chi connectivity index (χ0) is 37.1. The van der Waals surface area contributed by atoms with Crippen molar-refractivity contribution in [3.63, 3.8) is 0 Å². The maximum absolute atomic E-state index is 2.45. The first-order valence-electron chi connectivity index (χ1n) is 19.7. The quantitative estimate of drug-likeness (QED) is 0.166. The Hall–Kier alpha value is -6.96. The molecule has 0 heterocycles. The van der Waals surface area contributed by atoms with Crippen LogP contribution < -0.4 is 4.90 Å². The van der Waals surface area contributed by atoms with Gasteiger partial charge in [-0.25, -0.2) is 0 Å². The van der Waals surface area contributed by atoms with E-state index in [0.29, 0.717) is 5.92 Å². The minimum Gasteiger partial charge on any atom is -0.310 e. The number of benzene rings is 8. The van der Waals surface area contributed by atoms with Gasteiger partial charge in [-0.05, 0) is 104 Å². The van der Waals surface area contributed by atoms with Crippen molar-refractivity contribution >= 4 is 17.1 Å². The molecule has 1 unspecified atom stereocenters. The minimum atomic E-state index is -0.393. The number of hydrogen-bond donors (Lipinski definition) is 0. The number of rotatable bonds is 6. The first kappa shape index (κ1) is 32.5. The zero-order valence-corrected chi connectivity index (χ0v) is 31.0. The molecular formula is C55H39N. The molecule has 0 bridgehead atoms. The fourth-order valence-corrected chi connectivity index (χ4v) is 9.82. The second-order valence-corrected chi connectivity index (χ2v) is 15.1. The van der Waals surface area contributed by atoms with Crippen LogP contribution in [0.5, 0.6) is 0 Å². The van der Waals surface area contributed by atoms with Crippen LogP contribution in [-0.2, 0) is 5.41 Å². The highest BCUT2D eigenvalue weighted by atomic mass is 15.1. The summed E-state index contributed by atoms with van der Waals surface area (Å²) in [5.41, 5.74) is 19.9. The molecule has 3 aliphatic carbocycles. The second-order valence-electron chi connectivity index (χ2n) is 15.1. The number of nitrogens with zero attached hydrogens (tertiary/aromatic N) is 1. The van der Waals surface area contributed by atoms with E-state index in [2.05, 4.69) is 223 Å². The Morgan fingerprint density at radius 3 is 1.57 bits per heavy atom. The molecule has 1 spiro atoms. The van der Waals surface area contributed by atoms with Crippen molar-refractivity contribution in [2.45, 2.75) is 17.8 Å². The smallest absolute Gasteiger partial charge is 0.0725 e. The fraction of sp³-hybridized carbons (Fsp3) is 0.0545. The Bertz CT molecular complexity index is 2780. The van der Waals surface area contributed by atoms with Crippen molar-refractivity contribution in [1.29, 1.82) is 0 Å². The SMILES string of the molecule is C1=CCC(c2ccc(N(c3ccc(-c4ccccc4)cc3)c3ccccc3-c3cccc4c3-c3ccccc3C43c4ccccc4-c4ccccc43)cc2)C=C1. The first-order valence-corrected chi connectivity index (χ1v) is 19.7. The normalized spacial score (nSPS) is 15.2. The predicted molar refractivity (Wildman–Crippen MR) is 234 cm³/mol. The number of anilines is 3. The summed E-state index contributed by atoms with van der Waals surface area (Å²) in [4.78, 5) is 2.45. The number of para-hydroxylation sites is 1. The van der Waals surface area contributed by atoms with Gasteiger partial charge in [0.05, 0.1) is 11.1 Å². The van der Waals surface area contributed by atoms with Gasteiger partial charge in [0, 0.05) is 22.9 Å². The molecule has 56 heavy (non-hydrogen) atoms. The lowest BCUT2D eigenvalue weighted by atomic mass is 9.70. The van der Waals surface area contributed by atoms with Crippen LogP contribution in [0.4, 0.5) is 17.1 Å². The van der Waals surface area contributed by atoms with Crippen LogP contribution in [0.15, 0.2) is 218 Å². The Morgan fingerprint density at radius 1 is 0.393 bits per heavy atom. The summed E-state index contributed by atoms with van der Waals surface area (Å²) in [6.07, 6.45) is 9.92. The van der Waals surface area contributed by atoms with Gasteiger partial charge in [0.25, 0.3) is 0 Å². The zero-order valence-electron chi connectivity index (χ0n) is 31.0. The average Bonchev–Trinajstić information content (AvgIpc) is 3.76. The molecule has 1 nitrogen and oxygen atoms in total. The molecule has 1 heteroatoms. The van der Waals surface area contributed by atoms with Crippen LogP contribution in [0.3, 0.4) is 0 Å². The monoisotopic (exact) mass is 713 g/mol. The topological polar surface area (TPSA) is 3.24 Å². The Balaban J connectivity index is 1.12. The van der Waals surface area contributed by atoms with E-state index in [9.17, 15) is 0 Å². The molecule has 0 fully saturated rings. The molecule has 0 aromatic heterocycles. The van der Waals surface area contributed by atoms with Gasteiger partial charge in [-0.2, -0.15) is 0 Å². The summed E-state index contributed by atoms with van der Waals surface area (Å²) < 4.78 is 0. The van der Waals surface area contributed by atoms with Crippen LogP contribution >= 0.6 is 0 Å². The van der Waals surface area contributed by atoms with Crippen LogP contribution in [0.2, 0.25) is 0 Å². The number of hydrogen-bond acceptors (Lipinski definition) is 1. The van der Waals surface area contributed by atoms with Gasteiger partial charge in [-0.1, -0.05) is 188 Å². The molecule has 0 radical (unpaired) electrons. The third kappa shape index (κ3) is 4.87. The molecule has 1 atom stereocenters. The Labute approximate surface area is 329 Å². The average molecular weight is 714 g/mol. The summed E-state index contributed by atoms with van der Waals surface area (Å²) in [7, 11) is 0. The molecule has 8 aromatic carbocycles. The highest BCUT2D eigenvalue weighted by Gasteiger charge is 2.52. The molecule has 0 saturated heterocycles. The molecule has 0 N–H and O–H groups in total. The maximum atomic E-state index is 2.45. The number of fused-ring (bicyclic) bond motifs is 10. The molecule has 8 aromatic rings. The Kier molecular flexibility index (Phi) is 7.60.